The van der Waals surface area contributed by atoms with Gasteiger partial charge in [0.1, 0.15) is 0 Å². The van der Waals surface area contributed by atoms with Crippen LogP contribution in [0.3, 0.4) is 0 Å². The first-order valence-corrected chi connectivity index (χ1v) is 20.8. The molecule has 1 heteroatoms. The first-order valence-electron chi connectivity index (χ1n) is 20.8. The van der Waals surface area contributed by atoms with Crippen LogP contribution in [0.2, 0.25) is 0 Å². The van der Waals surface area contributed by atoms with Crippen molar-refractivity contribution in [3.63, 3.8) is 0 Å². The van der Waals surface area contributed by atoms with Crippen LogP contribution in [0.15, 0.2) is 237 Å². The second kappa shape index (κ2) is 13.7. The quantitative estimate of drug-likeness (QED) is 0.163. The summed E-state index contributed by atoms with van der Waals surface area (Å²) in [7, 11) is 0. The van der Waals surface area contributed by atoms with E-state index in [-0.39, 0.29) is 0 Å². The van der Waals surface area contributed by atoms with Crippen molar-refractivity contribution in [2.45, 2.75) is 5.41 Å². The van der Waals surface area contributed by atoms with Crippen LogP contribution in [0.5, 0.6) is 0 Å². The second-order valence-corrected chi connectivity index (χ2v) is 16.0. The van der Waals surface area contributed by atoms with Gasteiger partial charge in [0.05, 0.1) is 11.1 Å². The standard InChI is InChI=1S/C59H39N/c1-3-16-40(17-4-1)41-30-32-42(33-31-41)45-21-15-22-46(38-45)60(57-37-34-43-18-7-8-23-48(43)58(57)44-19-5-2-6-20-44)47-35-36-52-51-26-11-14-29-55(51)59(56(52)39-47)53-27-12-9-24-49(53)50-25-10-13-28-54(50)59/h1-39H. The molecule has 0 bridgehead atoms. The molecular formula is C59H39N. The second-order valence-electron chi connectivity index (χ2n) is 16.0. The first kappa shape index (κ1) is 34.3. The van der Waals surface area contributed by atoms with E-state index in [0.29, 0.717) is 0 Å². The number of benzene rings is 10. The molecule has 280 valence electrons. The number of rotatable bonds is 6. The maximum absolute atomic E-state index is 2.50. The molecule has 0 atom stereocenters. The number of fused-ring (bicyclic) bond motifs is 11. The Hall–Kier alpha value is -7.74. The summed E-state index contributed by atoms with van der Waals surface area (Å²) in [5, 5.41) is 2.44. The highest BCUT2D eigenvalue weighted by Crippen LogP contribution is 2.63. The lowest BCUT2D eigenvalue weighted by molar-refractivity contribution is 0.793. The molecule has 0 fully saturated rings. The highest BCUT2D eigenvalue weighted by molar-refractivity contribution is 6.06. The summed E-state index contributed by atoms with van der Waals surface area (Å²) in [5.74, 6) is 0. The van der Waals surface area contributed by atoms with Crippen molar-refractivity contribution >= 4 is 27.8 Å². The lowest BCUT2D eigenvalue weighted by Gasteiger charge is -2.33. The molecule has 0 unspecified atom stereocenters. The zero-order valence-corrected chi connectivity index (χ0v) is 33.0. The Kier molecular flexibility index (Phi) is 7.83. The summed E-state index contributed by atoms with van der Waals surface area (Å²) < 4.78 is 0. The van der Waals surface area contributed by atoms with Crippen molar-refractivity contribution < 1.29 is 0 Å². The average Bonchev–Trinajstić information content (AvgIpc) is 3.79. The summed E-state index contributed by atoms with van der Waals surface area (Å²) in [4.78, 5) is 2.50. The van der Waals surface area contributed by atoms with Gasteiger partial charge in [-0.2, -0.15) is 0 Å². The number of nitrogens with zero attached hydrogens (tertiary/aromatic N) is 1. The molecule has 12 rings (SSSR count). The van der Waals surface area contributed by atoms with Crippen molar-refractivity contribution in [2.24, 2.45) is 0 Å². The highest BCUT2D eigenvalue weighted by Gasteiger charge is 2.51. The fourth-order valence-electron chi connectivity index (χ4n) is 10.3. The van der Waals surface area contributed by atoms with E-state index in [1.807, 2.05) is 0 Å². The predicted molar refractivity (Wildman–Crippen MR) is 251 cm³/mol. The van der Waals surface area contributed by atoms with E-state index in [4.69, 9.17) is 0 Å². The topological polar surface area (TPSA) is 3.24 Å². The van der Waals surface area contributed by atoms with E-state index >= 15 is 0 Å². The molecule has 2 aliphatic rings. The van der Waals surface area contributed by atoms with Gasteiger partial charge in [0, 0.05) is 16.9 Å². The van der Waals surface area contributed by atoms with Gasteiger partial charge in [-0.3, -0.25) is 0 Å². The minimum Gasteiger partial charge on any atom is -0.310 e. The van der Waals surface area contributed by atoms with Crippen LogP contribution in [0.1, 0.15) is 22.3 Å². The Morgan fingerprint density at radius 2 is 0.767 bits per heavy atom. The van der Waals surface area contributed by atoms with Gasteiger partial charge in [-0.25, -0.2) is 0 Å². The third-order valence-electron chi connectivity index (χ3n) is 12.9. The number of hydrogen-bond donors (Lipinski definition) is 0. The van der Waals surface area contributed by atoms with E-state index in [0.717, 1.165) is 17.1 Å². The Labute approximate surface area is 351 Å². The summed E-state index contributed by atoms with van der Waals surface area (Å²) in [6, 6.07) is 87.3. The lowest BCUT2D eigenvalue weighted by atomic mass is 9.70. The van der Waals surface area contributed by atoms with E-state index in [2.05, 4.69) is 241 Å². The summed E-state index contributed by atoms with van der Waals surface area (Å²) in [6.45, 7) is 0. The Morgan fingerprint density at radius 1 is 0.283 bits per heavy atom. The van der Waals surface area contributed by atoms with Crippen molar-refractivity contribution in [2.75, 3.05) is 4.90 Å². The highest BCUT2D eigenvalue weighted by atomic mass is 15.1. The zero-order valence-electron chi connectivity index (χ0n) is 33.0. The zero-order chi connectivity index (χ0) is 39.6. The van der Waals surface area contributed by atoms with E-state index in [1.54, 1.807) is 0 Å². The van der Waals surface area contributed by atoms with E-state index in [1.165, 1.54) is 88.7 Å². The van der Waals surface area contributed by atoms with Gasteiger partial charge in [-0.15, -0.1) is 0 Å². The predicted octanol–water partition coefficient (Wildman–Crippen LogP) is 15.7. The Morgan fingerprint density at radius 3 is 1.42 bits per heavy atom. The number of anilines is 3. The molecule has 10 aromatic carbocycles. The third kappa shape index (κ3) is 5.13. The Balaban J connectivity index is 1.11. The molecule has 0 saturated carbocycles. The molecule has 1 nitrogen and oxygen atoms in total. The van der Waals surface area contributed by atoms with Crippen LogP contribution >= 0.6 is 0 Å². The van der Waals surface area contributed by atoms with Gasteiger partial charge in [-0.05, 0) is 113 Å². The van der Waals surface area contributed by atoms with E-state index in [9.17, 15) is 0 Å². The maximum Gasteiger partial charge on any atom is 0.0726 e. The molecule has 0 aromatic heterocycles. The molecule has 10 aromatic rings. The van der Waals surface area contributed by atoms with Gasteiger partial charge in [-0.1, -0.05) is 206 Å². The van der Waals surface area contributed by atoms with Crippen molar-refractivity contribution in [3.8, 4) is 55.6 Å². The summed E-state index contributed by atoms with van der Waals surface area (Å²) in [6.07, 6.45) is 0. The summed E-state index contributed by atoms with van der Waals surface area (Å²) >= 11 is 0. The van der Waals surface area contributed by atoms with Crippen LogP contribution in [0, 0.1) is 0 Å². The normalized spacial score (nSPS) is 12.8. The minimum atomic E-state index is -0.450. The molecule has 0 amide bonds. The van der Waals surface area contributed by atoms with Gasteiger partial charge in [0.2, 0.25) is 0 Å². The fourth-order valence-corrected chi connectivity index (χ4v) is 10.3. The molecule has 0 heterocycles. The first-order chi connectivity index (χ1) is 29.8. The molecule has 60 heavy (non-hydrogen) atoms. The molecule has 0 radical (unpaired) electrons. The molecule has 0 aliphatic heterocycles. The van der Waals surface area contributed by atoms with Crippen LogP contribution < -0.4 is 4.90 Å². The SMILES string of the molecule is c1ccc(-c2ccc(-c3cccc(N(c4ccc5c(c4)C4(c6ccccc6-c6ccccc64)c4ccccc4-5)c4ccc5ccccc5c4-c4ccccc4)c3)cc2)cc1. The van der Waals surface area contributed by atoms with Gasteiger partial charge in [0.25, 0.3) is 0 Å². The van der Waals surface area contributed by atoms with Crippen LogP contribution in [0.25, 0.3) is 66.4 Å². The third-order valence-corrected chi connectivity index (χ3v) is 12.9. The monoisotopic (exact) mass is 761 g/mol. The molecular weight excluding hydrogens is 723 g/mol. The van der Waals surface area contributed by atoms with Gasteiger partial charge in [0.15, 0.2) is 0 Å². The minimum absolute atomic E-state index is 0.450. The number of hydrogen-bond acceptors (Lipinski definition) is 1. The Bertz CT molecular complexity index is 3190. The van der Waals surface area contributed by atoms with Crippen LogP contribution in [0.4, 0.5) is 17.1 Å². The average molecular weight is 762 g/mol. The fraction of sp³-hybridized carbons (Fsp3) is 0.0169. The molecule has 1 spiro atoms. The van der Waals surface area contributed by atoms with E-state index < -0.39 is 5.41 Å². The maximum atomic E-state index is 2.50. The molecule has 0 N–H and O–H groups in total. The van der Waals surface area contributed by atoms with Gasteiger partial charge < -0.3 is 4.90 Å². The summed E-state index contributed by atoms with van der Waals surface area (Å²) in [5.41, 5.74) is 20.6. The molecule has 2 aliphatic carbocycles. The smallest absolute Gasteiger partial charge is 0.0726 e. The lowest BCUT2D eigenvalue weighted by Crippen LogP contribution is -2.26. The van der Waals surface area contributed by atoms with Crippen LogP contribution in [-0.4, -0.2) is 0 Å². The van der Waals surface area contributed by atoms with Crippen LogP contribution in [-0.2, 0) is 5.41 Å². The van der Waals surface area contributed by atoms with Crippen molar-refractivity contribution in [3.05, 3.63) is 259 Å². The largest absolute Gasteiger partial charge is 0.310 e. The molecule has 0 saturated heterocycles. The van der Waals surface area contributed by atoms with Crippen molar-refractivity contribution in [1.82, 2.24) is 0 Å². The van der Waals surface area contributed by atoms with Crippen molar-refractivity contribution in [1.29, 1.82) is 0 Å². The van der Waals surface area contributed by atoms with Gasteiger partial charge >= 0.3 is 0 Å².